The fourth-order valence-electron chi connectivity index (χ4n) is 3.42. The van der Waals surface area contributed by atoms with E-state index in [1.54, 1.807) is 18.2 Å². The maximum atomic E-state index is 12.9. The van der Waals surface area contributed by atoms with Crippen molar-refractivity contribution in [3.63, 3.8) is 0 Å². The van der Waals surface area contributed by atoms with Crippen molar-refractivity contribution in [2.75, 3.05) is 11.6 Å². The lowest BCUT2D eigenvalue weighted by Gasteiger charge is -2.26. The predicted molar refractivity (Wildman–Crippen MR) is 116 cm³/mol. The van der Waals surface area contributed by atoms with Gasteiger partial charge in [0.25, 0.3) is 0 Å². The molecule has 3 aromatic rings. The molecule has 2 heterocycles. The molecule has 9 heteroatoms. The van der Waals surface area contributed by atoms with E-state index in [9.17, 15) is 13.2 Å². The average Bonchev–Trinajstić information content (AvgIpc) is 3.11. The Hall–Kier alpha value is -2.97. The van der Waals surface area contributed by atoms with E-state index in [1.165, 1.54) is 12.1 Å². The monoisotopic (exact) mass is 448 g/mol. The molecule has 1 aliphatic rings. The van der Waals surface area contributed by atoms with Crippen LogP contribution in [0, 0.1) is 0 Å². The van der Waals surface area contributed by atoms with Gasteiger partial charge in [-0.2, -0.15) is 13.2 Å². The quantitative estimate of drug-likeness (QED) is 0.534. The van der Waals surface area contributed by atoms with Crippen LogP contribution >= 0.6 is 11.6 Å². The molecule has 1 aromatic heterocycles. The number of rotatable bonds is 5. The number of anilines is 2. The molecule has 31 heavy (non-hydrogen) atoms. The molecule has 1 aliphatic heterocycles. The molecule has 0 bridgehead atoms. The van der Waals surface area contributed by atoms with Gasteiger partial charge >= 0.3 is 6.18 Å². The highest BCUT2D eigenvalue weighted by Crippen LogP contribution is 2.38. The molecule has 1 atom stereocenters. The summed E-state index contributed by atoms with van der Waals surface area (Å²) >= 11 is 6.40. The number of ether oxygens (including phenoxy) is 1. The van der Waals surface area contributed by atoms with Gasteiger partial charge in [-0.25, -0.2) is 0 Å². The van der Waals surface area contributed by atoms with Gasteiger partial charge in [0.2, 0.25) is 0 Å². The first-order valence-electron chi connectivity index (χ1n) is 9.59. The van der Waals surface area contributed by atoms with Crippen molar-refractivity contribution in [3.05, 3.63) is 71.0 Å². The molecule has 0 radical (unpaired) electrons. The first-order chi connectivity index (χ1) is 14.7. The summed E-state index contributed by atoms with van der Waals surface area (Å²) in [6.07, 6.45) is -0.663. The Morgan fingerprint density at radius 3 is 2.71 bits per heavy atom. The van der Waals surface area contributed by atoms with Crippen LogP contribution in [0.2, 0.25) is 5.02 Å². The third-order valence-electron chi connectivity index (χ3n) is 4.81. The largest absolute Gasteiger partial charge is 0.456 e. The van der Waals surface area contributed by atoms with Crippen molar-refractivity contribution in [3.8, 4) is 11.5 Å². The second kappa shape index (κ2) is 8.28. The molecule has 4 rings (SSSR count). The van der Waals surface area contributed by atoms with Crippen LogP contribution in [-0.2, 0) is 12.7 Å². The van der Waals surface area contributed by atoms with Crippen LogP contribution in [-0.4, -0.2) is 23.5 Å². The molecule has 162 valence electrons. The number of nitrogens with zero attached hydrogens (tertiary/aromatic N) is 3. The number of nitrogens with two attached hydrogens (primary N) is 1. The Morgan fingerprint density at radius 1 is 1.19 bits per heavy atom. The molecule has 0 fully saturated rings. The van der Waals surface area contributed by atoms with Crippen molar-refractivity contribution in [2.45, 2.75) is 25.7 Å². The molecule has 2 aromatic carbocycles. The first kappa shape index (κ1) is 21.3. The van der Waals surface area contributed by atoms with E-state index in [2.05, 4.69) is 4.99 Å². The molecule has 0 amide bonds. The summed E-state index contributed by atoms with van der Waals surface area (Å²) in [6.45, 7) is 3.02. The second-order valence-corrected chi connectivity index (χ2v) is 7.75. The number of halogens is 4. The summed E-state index contributed by atoms with van der Waals surface area (Å²) in [4.78, 5) is 6.42. The van der Waals surface area contributed by atoms with E-state index in [1.807, 2.05) is 34.9 Å². The fraction of sp³-hybridized carbons (Fsp3) is 0.227. The Labute approximate surface area is 182 Å². The lowest BCUT2D eigenvalue weighted by Crippen LogP contribution is -2.25. The SMILES string of the molecule is CC(N)Cn1ccc2c1C=NCN2c1ccc(Oc2cccc(C(F)(F)F)c2)c(Cl)c1. The van der Waals surface area contributed by atoms with E-state index in [0.29, 0.717) is 13.2 Å². The topological polar surface area (TPSA) is 55.8 Å². The summed E-state index contributed by atoms with van der Waals surface area (Å²) in [5.74, 6) is 0.322. The lowest BCUT2D eigenvalue weighted by molar-refractivity contribution is -0.137. The Kier molecular flexibility index (Phi) is 5.68. The third kappa shape index (κ3) is 4.55. The molecule has 0 saturated carbocycles. The Balaban J connectivity index is 1.58. The van der Waals surface area contributed by atoms with Gasteiger partial charge in [0.05, 0.1) is 22.0 Å². The average molecular weight is 449 g/mol. The fourth-order valence-corrected chi connectivity index (χ4v) is 3.63. The lowest BCUT2D eigenvalue weighted by atomic mass is 10.2. The first-order valence-corrected chi connectivity index (χ1v) is 9.97. The number of alkyl halides is 3. The zero-order chi connectivity index (χ0) is 22.2. The Bertz CT molecular complexity index is 1120. The molecular weight excluding hydrogens is 429 g/mol. The van der Waals surface area contributed by atoms with Crippen LogP contribution in [0.25, 0.3) is 0 Å². The molecule has 0 spiro atoms. The summed E-state index contributed by atoms with van der Waals surface area (Å²) in [5.41, 5.74) is 7.85. The minimum Gasteiger partial charge on any atom is -0.456 e. The van der Waals surface area contributed by atoms with Crippen molar-refractivity contribution < 1.29 is 17.9 Å². The van der Waals surface area contributed by atoms with E-state index in [4.69, 9.17) is 22.1 Å². The Morgan fingerprint density at radius 2 is 2.00 bits per heavy atom. The van der Waals surface area contributed by atoms with Gasteiger partial charge < -0.3 is 19.9 Å². The highest BCUT2D eigenvalue weighted by Gasteiger charge is 2.30. The standard InChI is InChI=1S/C22H20ClF3N4O/c1-14(27)12-29-8-7-19-20(29)11-28-13-30(19)16-5-6-21(18(23)10-16)31-17-4-2-3-15(9-17)22(24,25)26/h2-11,14H,12-13,27H2,1H3. The second-order valence-electron chi connectivity index (χ2n) is 7.34. The van der Waals surface area contributed by atoms with E-state index < -0.39 is 11.7 Å². The minimum atomic E-state index is -4.45. The molecule has 2 N–H and O–H groups in total. The van der Waals surface area contributed by atoms with Gasteiger partial charge in [-0.3, -0.25) is 4.99 Å². The van der Waals surface area contributed by atoms with Gasteiger partial charge in [-0.05, 0) is 49.4 Å². The van der Waals surface area contributed by atoms with E-state index in [-0.39, 0.29) is 22.6 Å². The number of hydrogen-bond acceptors (Lipinski definition) is 4. The van der Waals surface area contributed by atoms with Crippen LogP contribution < -0.4 is 15.4 Å². The van der Waals surface area contributed by atoms with E-state index >= 15 is 0 Å². The maximum absolute atomic E-state index is 12.9. The zero-order valence-electron chi connectivity index (χ0n) is 16.6. The van der Waals surface area contributed by atoms with Crippen molar-refractivity contribution in [1.82, 2.24) is 4.57 Å². The third-order valence-corrected chi connectivity index (χ3v) is 5.11. The number of aliphatic imine (C=N–C) groups is 1. The molecule has 5 nitrogen and oxygen atoms in total. The normalized spacial score (nSPS) is 14.5. The summed E-state index contributed by atoms with van der Waals surface area (Å²) in [7, 11) is 0. The number of aromatic nitrogens is 1. The molecule has 0 aliphatic carbocycles. The number of hydrogen-bond donors (Lipinski definition) is 1. The number of benzene rings is 2. The number of fused-ring (bicyclic) bond motifs is 1. The van der Waals surface area contributed by atoms with Crippen molar-refractivity contribution in [2.24, 2.45) is 10.7 Å². The zero-order valence-corrected chi connectivity index (χ0v) is 17.4. The highest BCUT2D eigenvalue weighted by molar-refractivity contribution is 6.32. The molecule has 1 unspecified atom stereocenters. The van der Waals surface area contributed by atoms with Crippen LogP contribution in [0.15, 0.2) is 59.7 Å². The van der Waals surface area contributed by atoms with Crippen LogP contribution in [0.5, 0.6) is 11.5 Å². The van der Waals surface area contributed by atoms with E-state index in [0.717, 1.165) is 29.2 Å². The van der Waals surface area contributed by atoms with Crippen LogP contribution in [0.1, 0.15) is 18.2 Å². The smallest absolute Gasteiger partial charge is 0.416 e. The molecule has 0 saturated heterocycles. The van der Waals surface area contributed by atoms with Gasteiger partial charge in [0, 0.05) is 30.7 Å². The minimum absolute atomic E-state index is 0.00185. The van der Waals surface area contributed by atoms with Gasteiger partial charge in [0.15, 0.2) is 0 Å². The van der Waals surface area contributed by atoms with Crippen LogP contribution in [0.3, 0.4) is 0 Å². The summed E-state index contributed by atoms with van der Waals surface area (Å²) < 4.78 is 46.4. The van der Waals surface area contributed by atoms with Crippen LogP contribution in [0.4, 0.5) is 24.5 Å². The molecular formula is C22H20ClF3N4O. The van der Waals surface area contributed by atoms with Gasteiger partial charge in [-0.15, -0.1) is 0 Å². The highest BCUT2D eigenvalue weighted by atomic mass is 35.5. The van der Waals surface area contributed by atoms with Gasteiger partial charge in [0.1, 0.15) is 18.2 Å². The van der Waals surface area contributed by atoms with Crippen molar-refractivity contribution >= 4 is 29.2 Å². The summed E-state index contributed by atoms with van der Waals surface area (Å²) in [6, 6.07) is 11.8. The van der Waals surface area contributed by atoms with Crippen molar-refractivity contribution in [1.29, 1.82) is 0 Å². The maximum Gasteiger partial charge on any atom is 0.416 e. The van der Waals surface area contributed by atoms with Gasteiger partial charge in [-0.1, -0.05) is 17.7 Å². The summed E-state index contributed by atoms with van der Waals surface area (Å²) in [5, 5.41) is 0.279. The predicted octanol–water partition coefficient (Wildman–Crippen LogP) is 5.83.